The van der Waals surface area contributed by atoms with Crippen LogP contribution in [0.1, 0.15) is 59.6 Å². The molecule has 1 atom stereocenters. The SMILES string of the molecule is O=C(NC1CCCCC1)[C@H]1c2ccccc2C(=O)N1Cc1ccccc1. The molecule has 4 rings (SSSR count). The first kappa shape index (κ1) is 16.8. The van der Waals surface area contributed by atoms with E-state index in [1.807, 2.05) is 54.6 Å². The first-order valence-electron chi connectivity index (χ1n) is 9.48. The minimum absolute atomic E-state index is 0.0499. The van der Waals surface area contributed by atoms with Crippen LogP contribution >= 0.6 is 0 Å². The Kier molecular flexibility index (Phi) is 4.74. The van der Waals surface area contributed by atoms with Crippen LogP contribution in [0.2, 0.25) is 0 Å². The summed E-state index contributed by atoms with van der Waals surface area (Å²) in [7, 11) is 0. The molecule has 4 heteroatoms. The Morgan fingerprint density at radius 3 is 2.42 bits per heavy atom. The molecule has 1 aliphatic carbocycles. The summed E-state index contributed by atoms with van der Waals surface area (Å²) in [4.78, 5) is 27.8. The van der Waals surface area contributed by atoms with Crippen molar-refractivity contribution in [3.63, 3.8) is 0 Å². The molecule has 1 fully saturated rings. The van der Waals surface area contributed by atoms with Gasteiger partial charge in [0.05, 0.1) is 0 Å². The largest absolute Gasteiger partial charge is 0.351 e. The molecule has 2 aromatic rings. The molecule has 2 aromatic carbocycles. The van der Waals surface area contributed by atoms with Crippen LogP contribution in [-0.2, 0) is 11.3 Å². The first-order chi connectivity index (χ1) is 12.7. The Morgan fingerprint density at radius 2 is 1.65 bits per heavy atom. The summed E-state index contributed by atoms with van der Waals surface area (Å²) in [5, 5.41) is 3.21. The molecule has 1 aliphatic heterocycles. The van der Waals surface area contributed by atoms with Gasteiger partial charge in [-0.2, -0.15) is 0 Å². The Morgan fingerprint density at radius 1 is 0.962 bits per heavy atom. The van der Waals surface area contributed by atoms with Gasteiger partial charge in [0.2, 0.25) is 5.91 Å². The molecule has 1 heterocycles. The fraction of sp³-hybridized carbons (Fsp3) is 0.364. The molecule has 4 nitrogen and oxygen atoms in total. The zero-order valence-electron chi connectivity index (χ0n) is 14.9. The zero-order chi connectivity index (χ0) is 17.9. The summed E-state index contributed by atoms with van der Waals surface area (Å²) >= 11 is 0. The number of hydrogen-bond donors (Lipinski definition) is 1. The van der Waals surface area contributed by atoms with Crippen molar-refractivity contribution in [1.29, 1.82) is 0 Å². The highest BCUT2D eigenvalue weighted by molar-refractivity contribution is 6.04. The second kappa shape index (κ2) is 7.32. The van der Waals surface area contributed by atoms with E-state index in [0.717, 1.165) is 24.0 Å². The second-order valence-corrected chi connectivity index (χ2v) is 7.25. The average Bonchev–Trinajstić information content (AvgIpc) is 2.96. The number of benzene rings is 2. The summed E-state index contributed by atoms with van der Waals surface area (Å²) in [6.07, 6.45) is 5.65. The molecule has 1 saturated carbocycles. The van der Waals surface area contributed by atoms with Crippen molar-refractivity contribution in [2.45, 2.75) is 50.7 Å². The van der Waals surface area contributed by atoms with E-state index in [2.05, 4.69) is 5.32 Å². The van der Waals surface area contributed by atoms with Crippen LogP contribution in [0.5, 0.6) is 0 Å². The molecule has 134 valence electrons. The number of carbonyl (C=O) groups is 2. The second-order valence-electron chi connectivity index (χ2n) is 7.25. The Bertz CT molecular complexity index is 797. The summed E-state index contributed by atoms with van der Waals surface area (Å²) in [6.45, 7) is 0.442. The molecular formula is C22H24N2O2. The molecule has 2 amide bonds. The minimum atomic E-state index is -0.541. The van der Waals surface area contributed by atoms with Crippen LogP contribution in [0, 0.1) is 0 Å². The topological polar surface area (TPSA) is 49.4 Å². The lowest BCUT2D eigenvalue weighted by atomic mass is 9.95. The van der Waals surface area contributed by atoms with E-state index in [9.17, 15) is 9.59 Å². The maximum absolute atomic E-state index is 13.1. The third-order valence-corrected chi connectivity index (χ3v) is 5.45. The molecule has 0 saturated heterocycles. The number of carbonyl (C=O) groups excluding carboxylic acids is 2. The van der Waals surface area contributed by atoms with Crippen molar-refractivity contribution in [1.82, 2.24) is 10.2 Å². The van der Waals surface area contributed by atoms with Crippen LogP contribution in [-0.4, -0.2) is 22.8 Å². The van der Waals surface area contributed by atoms with E-state index in [-0.39, 0.29) is 17.9 Å². The van der Waals surface area contributed by atoms with Gasteiger partial charge >= 0.3 is 0 Å². The average molecular weight is 348 g/mol. The number of nitrogens with zero attached hydrogens (tertiary/aromatic N) is 1. The van der Waals surface area contributed by atoms with Gasteiger partial charge in [-0.25, -0.2) is 0 Å². The van der Waals surface area contributed by atoms with Gasteiger partial charge in [0, 0.05) is 18.2 Å². The number of amides is 2. The van der Waals surface area contributed by atoms with E-state index in [0.29, 0.717) is 12.1 Å². The number of nitrogens with one attached hydrogen (secondary N) is 1. The van der Waals surface area contributed by atoms with Crippen molar-refractivity contribution in [2.75, 3.05) is 0 Å². The highest BCUT2D eigenvalue weighted by atomic mass is 16.2. The van der Waals surface area contributed by atoms with Crippen molar-refractivity contribution >= 4 is 11.8 Å². The molecule has 0 aromatic heterocycles. The van der Waals surface area contributed by atoms with Crippen molar-refractivity contribution in [3.05, 3.63) is 71.3 Å². The van der Waals surface area contributed by atoms with Gasteiger partial charge < -0.3 is 10.2 Å². The maximum atomic E-state index is 13.1. The fourth-order valence-corrected chi connectivity index (χ4v) is 4.12. The molecule has 26 heavy (non-hydrogen) atoms. The van der Waals surface area contributed by atoms with Gasteiger partial charge in [0.1, 0.15) is 6.04 Å². The van der Waals surface area contributed by atoms with Gasteiger partial charge in [-0.1, -0.05) is 67.8 Å². The number of rotatable bonds is 4. The van der Waals surface area contributed by atoms with Gasteiger partial charge in [-0.05, 0) is 30.0 Å². The zero-order valence-corrected chi connectivity index (χ0v) is 14.9. The Balaban J connectivity index is 1.61. The maximum Gasteiger partial charge on any atom is 0.255 e. The van der Waals surface area contributed by atoms with Crippen LogP contribution in [0.3, 0.4) is 0 Å². The quantitative estimate of drug-likeness (QED) is 0.913. The monoisotopic (exact) mass is 348 g/mol. The molecule has 2 aliphatic rings. The van der Waals surface area contributed by atoms with Gasteiger partial charge in [0.15, 0.2) is 0 Å². The summed E-state index contributed by atoms with van der Waals surface area (Å²) in [5.74, 6) is -0.112. The lowest BCUT2D eigenvalue weighted by Crippen LogP contribution is -2.43. The number of hydrogen-bond acceptors (Lipinski definition) is 2. The standard InChI is InChI=1S/C22H24N2O2/c25-21(23-17-11-5-2-6-12-17)20-18-13-7-8-14-19(18)22(26)24(20)15-16-9-3-1-4-10-16/h1,3-4,7-10,13-14,17,20H,2,5-6,11-12,15H2,(H,23,25)/t20-/m1/s1. The molecule has 0 spiro atoms. The third kappa shape index (κ3) is 3.24. The van der Waals surface area contributed by atoms with Gasteiger partial charge in [-0.3, -0.25) is 9.59 Å². The highest BCUT2D eigenvalue weighted by Crippen LogP contribution is 2.35. The molecule has 0 radical (unpaired) electrons. The predicted molar refractivity (Wildman–Crippen MR) is 101 cm³/mol. The Labute approximate surface area is 154 Å². The van der Waals surface area contributed by atoms with Crippen molar-refractivity contribution < 1.29 is 9.59 Å². The number of fused-ring (bicyclic) bond motifs is 1. The van der Waals surface area contributed by atoms with Crippen molar-refractivity contribution in [2.24, 2.45) is 0 Å². The van der Waals surface area contributed by atoms with E-state index in [1.165, 1.54) is 19.3 Å². The third-order valence-electron chi connectivity index (χ3n) is 5.45. The normalized spacial score (nSPS) is 20.1. The van der Waals surface area contributed by atoms with Crippen molar-refractivity contribution in [3.8, 4) is 0 Å². The van der Waals surface area contributed by atoms with Gasteiger partial charge in [0.25, 0.3) is 5.91 Å². The van der Waals surface area contributed by atoms with Crippen LogP contribution in [0.4, 0.5) is 0 Å². The van der Waals surface area contributed by atoms with E-state index in [1.54, 1.807) is 4.90 Å². The molecule has 0 bridgehead atoms. The van der Waals surface area contributed by atoms with Crippen LogP contribution in [0.25, 0.3) is 0 Å². The van der Waals surface area contributed by atoms with Crippen LogP contribution < -0.4 is 5.32 Å². The van der Waals surface area contributed by atoms with E-state index < -0.39 is 6.04 Å². The van der Waals surface area contributed by atoms with Gasteiger partial charge in [-0.15, -0.1) is 0 Å². The molecular weight excluding hydrogens is 324 g/mol. The first-order valence-corrected chi connectivity index (χ1v) is 9.48. The van der Waals surface area contributed by atoms with Crippen LogP contribution in [0.15, 0.2) is 54.6 Å². The lowest BCUT2D eigenvalue weighted by Gasteiger charge is -2.28. The fourth-order valence-electron chi connectivity index (χ4n) is 4.12. The van der Waals surface area contributed by atoms with E-state index >= 15 is 0 Å². The van der Waals surface area contributed by atoms with E-state index in [4.69, 9.17) is 0 Å². The lowest BCUT2D eigenvalue weighted by molar-refractivity contribution is -0.126. The molecule has 0 unspecified atom stereocenters. The smallest absolute Gasteiger partial charge is 0.255 e. The highest BCUT2D eigenvalue weighted by Gasteiger charge is 2.41. The minimum Gasteiger partial charge on any atom is -0.351 e. The summed E-state index contributed by atoms with van der Waals surface area (Å²) in [6, 6.07) is 17.0. The predicted octanol–water partition coefficient (Wildman–Crippen LogP) is 3.83. The Hall–Kier alpha value is -2.62. The molecule has 1 N–H and O–H groups in total. The summed E-state index contributed by atoms with van der Waals surface area (Å²) in [5.41, 5.74) is 2.50. The summed E-state index contributed by atoms with van der Waals surface area (Å²) < 4.78 is 0.